The molecule has 4 nitrogen and oxygen atoms in total. The molecular formula is C7H6BrClN2O2. The van der Waals surface area contributed by atoms with Crippen molar-refractivity contribution in [1.29, 1.82) is 0 Å². The zero-order chi connectivity index (χ0) is 10.0. The van der Waals surface area contributed by atoms with E-state index in [9.17, 15) is 10.1 Å². The fourth-order valence-electron chi connectivity index (χ4n) is 0.975. The van der Waals surface area contributed by atoms with Gasteiger partial charge in [0.2, 0.25) is 0 Å². The summed E-state index contributed by atoms with van der Waals surface area (Å²) in [6.45, 7) is 0.0808. The molecule has 0 aliphatic heterocycles. The minimum atomic E-state index is -0.532. The maximum absolute atomic E-state index is 10.6. The topological polar surface area (TPSA) is 69.2 Å². The van der Waals surface area contributed by atoms with Crippen LogP contribution < -0.4 is 5.73 Å². The van der Waals surface area contributed by atoms with Crippen molar-refractivity contribution in [1.82, 2.24) is 0 Å². The maximum Gasteiger partial charge on any atom is 0.293 e. The molecule has 0 aliphatic carbocycles. The van der Waals surface area contributed by atoms with Gasteiger partial charge in [-0.2, -0.15) is 0 Å². The van der Waals surface area contributed by atoms with Crippen LogP contribution >= 0.6 is 27.5 Å². The molecule has 0 spiro atoms. The van der Waals surface area contributed by atoms with Crippen molar-refractivity contribution in [3.63, 3.8) is 0 Å². The lowest BCUT2D eigenvalue weighted by atomic mass is 10.2. The first-order valence-electron chi connectivity index (χ1n) is 3.39. The third kappa shape index (κ3) is 1.99. The van der Waals surface area contributed by atoms with Crippen LogP contribution in [0.3, 0.4) is 0 Å². The van der Waals surface area contributed by atoms with E-state index in [1.54, 1.807) is 6.07 Å². The van der Waals surface area contributed by atoms with Gasteiger partial charge in [-0.3, -0.25) is 10.1 Å². The molecule has 0 radical (unpaired) electrons. The van der Waals surface area contributed by atoms with Gasteiger partial charge in [-0.15, -0.1) is 0 Å². The highest BCUT2D eigenvalue weighted by Crippen LogP contribution is 2.33. The number of halogens is 2. The Hall–Kier alpha value is -0.650. The molecule has 6 heteroatoms. The Balaban J connectivity index is 3.43. The van der Waals surface area contributed by atoms with Crippen LogP contribution in [0.2, 0.25) is 5.02 Å². The van der Waals surface area contributed by atoms with Crippen LogP contribution in [0.5, 0.6) is 0 Å². The summed E-state index contributed by atoms with van der Waals surface area (Å²) in [6, 6.07) is 3.10. The Labute approximate surface area is 88.0 Å². The molecule has 0 saturated heterocycles. The van der Waals surface area contributed by atoms with E-state index in [0.717, 1.165) is 0 Å². The normalized spacial score (nSPS) is 10.1. The Bertz CT molecular complexity index is 357. The first-order valence-corrected chi connectivity index (χ1v) is 4.56. The summed E-state index contributed by atoms with van der Waals surface area (Å²) in [5.41, 5.74) is 5.65. The zero-order valence-electron chi connectivity index (χ0n) is 6.46. The second-order valence-corrected chi connectivity index (χ2v) is 3.58. The predicted octanol–water partition coefficient (Wildman–Crippen LogP) is 2.47. The third-order valence-electron chi connectivity index (χ3n) is 1.56. The van der Waals surface area contributed by atoms with Crippen LogP contribution in [0.1, 0.15) is 5.56 Å². The lowest BCUT2D eigenvalue weighted by Gasteiger charge is -2.03. The molecule has 2 N–H and O–H groups in total. The van der Waals surface area contributed by atoms with E-state index in [1.807, 2.05) is 0 Å². The van der Waals surface area contributed by atoms with Gasteiger partial charge < -0.3 is 5.73 Å². The molecule has 0 saturated carbocycles. The molecule has 0 unspecified atom stereocenters. The number of nitrogens with zero attached hydrogens (tertiary/aromatic N) is 1. The highest BCUT2D eigenvalue weighted by Gasteiger charge is 2.19. The van der Waals surface area contributed by atoms with Crippen LogP contribution in [0.15, 0.2) is 16.6 Å². The van der Waals surface area contributed by atoms with Gasteiger partial charge in [-0.1, -0.05) is 27.5 Å². The monoisotopic (exact) mass is 264 g/mol. The van der Waals surface area contributed by atoms with Gasteiger partial charge in [0.15, 0.2) is 0 Å². The van der Waals surface area contributed by atoms with Crippen molar-refractivity contribution in [3.05, 3.63) is 37.3 Å². The molecule has 1 aromatic carbocycles. The van der Waals surface area contributed by atoms with Gasteiger partial charge >= 0.3 is 0 Å². The molecule has 13 heavy (non-hydrogen) atoms. The second kappa shape index (κ2) is 4.04. The number of nitro groups is 1. The molecule has 1 aromatic rings. The number of hydrogen-bond acceptors (Lipinski definition) is 3. The number of benzene rings is 1. The summed E-state index contributed by atoms with van der Waals surface area (Å²) in [4.78, 5) is 10.1. The zero-order valence-corrected chi connectivity index (χ0v) is 8.80. The molecule has 0 heterocycles. The van der Waals surface area contributed by atoms with Crippen LogP contribution in [-0.2, 0) is 6.54 Å². The smallest absolute Gasteiger partial charge is 0.293 e. The van der Waals surface area contributed by atoms with Crippen molar-refractivity contribution in [2.75, 3.05) is 0 Å². The number of nitrogens with two attached hydrogens (primary N) is 1. The summed E-state index contributed by atoms with van der Waals surface area (Å²) in [5.74, 6) is 0. The summed E-state index contributed by atoms with van der Waals surface area (Å²) in [5, 5.41) is 10.7. The number of nitro benzene ring substituents is 1. The van der Waals surface area contributed by atoms with E-state index < -0.39 is 4.92 Å². The minimum absolute atomic E-state index is 0.0808. The third-order valence-corrected chi connectivity index (χ3v) is 2.61. The van der Waals surface area contributed by atoms with Gasteiger partial charge in [-0.25, -0.2) is 0 Å². The molecule has 0 fully saturated rings. The number of hydrogen-bond donors (Lipinski definition) is 1. The first-order chi connectivity index (χ1) is 6.07. The molecule has 0 aromatic heterocycles. The predicted molar refractivity (Wildman–Crippen MR) is 53.7 cm³/mol. The van der Waals surface area contributed by atoms with E-state index in [4.69, 9.17) is 17.3 Å². The molecule has 0 aliphatic rings. The van der Waals surface area contributed by atoms with Crippen LogP contribution in [0.25, 0.3) is 0 Å². The molecule has 0 bridgehead atoms. The van der Waals surface area contributed by atoms with E-state index in [1.165, 1.54) is 6.07 Å². The van der Waals surface area contributed by atoms with Gasteiger partial charge in [0.25, 0.3) is 5.69 Å². The molecule has 70 valence electrons. The molecule has 1 rings (SSSR count). The minimum Gasteiger partial charge on any atom is -0.326 e. The Morgan fingerprint density at radius 3 is 2.62 bits per heavy atom. The quantitative estimate of drug-likeness (QED) is 0.659. The van der Waals surface area contributed by atoms with Gasteiger partial charge in [0.05, 0.1) is 10.5 Å². The van der Waals surface area contributed by atoms with Crippen molar-refractivity contribution in [2.24, 2.45) is 5.73 Å². The first kappa shape index (κ1) is 10.4. The Kier molecular flexibility index (Phi) is 3.24. The summed E-state index contributed by atoms with van der Waals surface area (Å²) >= 11 is 8.82. The standard InChI is InChI=1S/C7H6BrClN2O2/c8-5-1-2-6(9)7(11(12)13)4(5)3-10/h1-2H,3,10H2. The van der Waals surface area contributed by atoms with Gasteiger partial charge in [0, 0.05) is 11.0 Å². The summed E-state index contributed by atoms with van der Waals surface area (Å²) < 4.78 is 0.603. The van der Waals surface area contributed by atoms with Crippen molar-refractivity contribution in [3.8, 4) is 0 Å². The van der Waals surface area contributed by atoms with Crippen molar-refractivity contribution >= 4 is 33.2 Å². The van der Waals surface area contributed by atoms with Crippen molar-refractivity contribution in [2.45, 2.75) is 6.54 Å². The van der Waals surface area contributed by atoms with Gasteiger partial charge in [0.1, 0.15) is 5.02 Å². The van der Waals surface area contributed by atoms with Crippen LogP contribution in [0.4, 0.5) is 5.69 Å². The van der Waals surface area contributed by atoms with Crippen molar-refractivity contribution < 1.29 is 4.92 Å². The Morgan fingerprint density at radius 1 is 1.62 bits per heavy atom. The van der Waals surface area contributed by atoms with E-state index in [0.29, 0.717) is 10.0 Å². The average molecular weight is 265 g/mol. The highest BCUT2D eigenvalue weighted by atomic mass is 79.9. The van der Waals surface area contributed by atoms with Gasteiger partial charge in [-0.05, 0) is 12.1 Å². The molecular weight excluding hydrogens is 259 g/mol. The number of rotatable bonds is 2. The van der Waals surface area contributed by atoms with E-state index in [2.05, 4.69) is 15.9 Å². The fourth-order valence-corrected chi connectivity index (χ4v) is 1.70. The van der Waals surface area contributed by atoms with Crippen LogP contribution in [0, 0.1) is 10.1 Å². The maximum atomic E-state index is 10.6. The van der Waals surface area contributed by atoms with Crippen LogP contribution in [-0.4, -0.2) is 4.92 Å². The molecule has 0 amide bonds. The SMILES string of the molecule is NCc1c(Br)ccc(Cl)c1[N+](=O)[O-]. The lowest BCUT2D eigenvalue weighted by molar-refractivity contribution is -0.385. The summed E-state index contributed by atoms with van der Waals surface area (Å²) in [7, 11) is 0. The fraction of sp³-hybridized carbons (Fsp3) is 0.143. The lowest BCUT2D eigenvalue weighted by Crippen LogP contribution is -2.03. The van der Waals surface area contributed by atoms with E-state index >= 15 is 0 Å². The average Bonchev–Trinajstić information content (AvgIpc) is 2.07. The highest BCUT2D eigenvalue weighted by molar-refractivity contribution is 9.10. The largest absolute Gasteiger partial charge is 0.326 e. The molecule has 0 atom stereocenters. The van der Waals surface area contributed by atoms with E-state index in [-0.39, 0.29) is 17.3 Å². The summed E-state index contributed by atoms with van der Waals surface area (Å²) in [6.07, 6.45) is 0. The Morgan fingerprint density at radius 2 is 2.23 bits per heavy atom. The second-order valence-electron chi connectivity index (χ2n) is 2.32.